The standard InChI is InChI=1S/C7H11N3O/c1-10-5-6(3-4-11-2)7(8)9-10/h3-5H,1-2H3,(H2,8,9)/b4-3+. The highest BCUT2D eigenvalue weighted by Gasteiger charge is 1.97. The predicted molar refractivity (Wildman–Crippen MR) is 43.7 cm³/mol. The Hall–Kier alpha value is -1.45. The summed E-state index contributed by atoms with van der Waals surface area (Å²) in [6, 6.07) is 0. The second kappa shape index (κ2) is 3.09. The lowest BCUT2D eigenvalue weighted by Gasteiger charge is -1.86. The van der Waals surface area contributed by atoms with Crippen molar-refractivity contribution < 1.29 is 4.74 Å². The van der Waals surface area contributed by atoms with Crippen LogP contribution in [-0.4, -0.2) is 16.9 Å². The van der Waals surface area contributed by atoms with Crippen LogP contribution in [0.2, 0.25) is 0 Å². The van der Waals surface area contributed by atoms with Crippen LogP contribution < -0.4 is 5.73 Å². The summed E-state index contributed by atoms with van der Waals surface area (Å²) < 4.78 is 6.39. The van der Waals surface area contributed by atoms with Crippen molar-refractivity contribution in [2.24, 2.45) is 7.05 Å². The molecule has 0 amide bonds. The van der Waals surface area contributed by atoms with Gasteiger partial charge in [-0.15, -0.1) is 0 Å². The number of nitrogens with zero attached hydrogens (tertiary/aromatic N) is 2. The molecule has 0 unspecified atom stereocenters. The van der Waals surface area contributed by atoms with Gasteiger partial charge >= 0.3 is 0 Å². The average Bonchev–Trinajstić information content (AvgIpc) is 2.26. The van der Waals surface area contributed by atoms with E-state index in [0.29, 0.717) is 5.82 Å². The predicted octanol–water partition coefficient (Wildman–Crippen LogP) is 0.619. The quantitative estimate of drug-likeness (QED) is 0.633. The summed E-state index contributed by atoms with van der Waals surface area (Å²) in [6.07, 6.45) is 5.15. The first kappa shape index (κ1) is 7.65. The van der Waals surface area contributed by atoms with Crippen molar-refractivity contribution in [1.29, 1.82) is 0 Å². The summed E-state index contributed by atoms with van der Waals surface area (Å²) in [5.74, 6) is 0.515. The molecule has 2 N–H and O–H groups in total. The van der Waals surface area contributed by atoms with Gasteiger partial charge in [0.25, 0.3) is 0 Å². The third-order valence-corrected chi connectivity index (χ3v) is 1.27. The normalized spacial score (nSPS) is 10.7. The van der Waals surface area contributed by atoms with E-state index in [9.17, 15) is 0 Å². The summed E-state index contributed by atoms with van der Waals surface area (Å²) in [6.45, 7) is 0. The van der Waals surface area contributed by atoms with E-state index < -0.39 is 0 Å². The summed E-state index contributed by atoms with van der Waals surface area (Å²) in [5, 5.41) is 3.95. The molecular weight excluding hydrogens is 142 g/mol. The number of hydrogen-bond donors (Lipinski definition) is 1. The van der Waals surface area contributed by atoms with Crippen LogP contribution in [0.15, 0.2) is 12.5 Å². The Bertz CT molecular complexity index is 265. The van der Waals surface area contributed by atoms with Gasteiger partial charge in [-0.2, -0.15) is 5.10 Å². The Labute approximate surface area is 65.3 Å². The summed E-state index contributed by atoms with van der Waals surface area (Å²) in [5.41, 5.74) is 6.41. The topological polar surface area (TPSA) is 53.1 Å². The molecule has 0 aliphatic rings. The van der Waals surface area contributed by atoms with Crippen molar-refractivity contribution in [1.82, 2.24) is 9.78 Å². The Morgan fingerprint density at radius 3 is 2.91 bits per heavy atom. The van der Waals surface area contributed by atoms with Crippen LogP contribution in [0.1, 0.15) is 5.56 Å². The molecule has 4 heteroatoms. The molecule has 0 fully saturated rings. The van der Waals surface area contributed by atoms with Gasteiger partial charge in [0.1, 0.15) is 0 Å². The van der Waals surface area contributed by atoms with Gasteiger partial charge in [-0.25, -0.2) is 0 Å². The zero-order valence-corrected chi connectivity index (χ0v) is 6.61. The highest BCUT2D eigenvalue weighted by molar-refractivity contribution is 5.59. The molecule has 0 aliphatic heterocycles. The minimum absolute atomic E-state index is 0.515. The van der Waals surface area contributed by atoms with E-state index in [1.54, 1.807) is 24.1 Å². The van der Waals surface area contributed by atoms with Crippen LogP contribution in [0.4, 0.5) is 5.82 Å². The lowest BCUT2D eigenvalue weighted by atomic mass is 10.3. The number of aromatic nitrogens is 2. The van der Waals surface area contributed by atoms with Crippen LogP contribution in [0.3, 0.4) is 0 Å². The molecule has 60 valence electrons. The van der Waals surface area contributed by atoms with Gasteiger partial charge in [0, 0.05) is 18.8 Å². The monoisotopic (exact) mass is 153 g/mol. The first-order valence-electron chi connectivity index (χ1n) is 3.22. The lowest BCUT2D eigenvalue weighted by Crippen LogP contribution is -1.90. The van der Waals surface area contributed by atoms with Crippen LogP contribution in [0, 0.1) is 0 Å². The third kappa shape index (κ3) is 1.73. The summed E-state index contributed by atoms with van der Waals surface area (Å²) in [7, 11) is 3.41. The van der Waals surface area contributed by atoms with E-state index in [-0.39, 0.29) is 0 Å². The maximum atomic E-state index is 5.54. The molecular formula is C7H11N3O. The zero-order valence-electron chi connectivity index (χ0n) is 6.61. The maximum absolute atomic E-state index is 5.54. The van der Waals surface area contributed by atoms with Crippen LogP contribution >= 0.6 is 0 Å². The van der Waals surface area contributed by atoms with E-state index in [1.807, 2.05) is 13.2 Å². The number of hydrogen-bond acceptors (Lipinski definition) is 3. The number of nitrogens with two attached hydrogens (primary N) is 1. The fraction of sp³-hybridized carbons (Fsp3) is 0.286. The highest BCUT2D eigenvalue weighted by atomic mass is 16.5. The molecule has 0 aliphatic carbocycles. The molecule has 0 radical (unpaired) electrons. The third-order valence-electron chi connectivity index (χ3n) is 1.27. The van der Waals surface area contributed by atoms with Crippen molar-refractivity contribution in [2.75, 3.05) is 12.8 Å². The SMILES string of the molecule is CO/C=C/c1cn(C)nc1N. The fourth-order valence-corrected chi connectivity index (χ4v) is 0.794. The molecule has 0 atom stereocenters. The first-order chi connectivity index (χ1) is 5.24. The average molecular weight is 153 g/mol. The van der Waals surface area contributed by atoms with Crippen LogP contribution in [-0.2, 0) is 11.8 Å². The largest absolute Gasteiger partial charge is 0.504 e. The second-order valence-corrected chi connectivity index (χ2v) is 2.18. The number of anilines is 1. The van der Waals surface area contributed by atoms with Gasteiger partial charge in [-0.05, 0) is 6.08 Å². The second-order valence-electron chi connectivity index (χ2n) is 2.18. The van der Waals surface area contributed by atoms with E-state index in [1.165, 1.54) is 0 Å². The van der Waals surface area contributed by atoms with Crippen molar-refractivity contribution in [3.8, 4) is 0 Å². The van der Waals surface area contributed by atoms with Crippen molar-refractivity contribution in [2.45, 2.75) is 0 Å². The number of aryl methyl sites for hydroxylation is 1. The molecule has 11 heavy (non-hydrogen) atoms. The van der Waals surface area contributed by atoms with Gasteiger partial charge in [-0.3, -0.25) is 4.68 Å². The molecule has 1 rings (SSSR count). The van der Waals surface area contributed by atoms with Crippen molar-refractivity contribution in [3.05, 3.63) is 18.0 Å². The minimum atomic E-state index is 0.515. The first-order valence-corrected chi connectivity index (χ1v) is 3.22. The fourth-order valence-electron chi connectivity index (χ4n) is 0.794. The molecule has 0 bridgehead atoms. The van der Waals surface area contributed by atoms with Crippen molar-refractivity contribution in [3.63, 3.8) is 0 Å². The smallest absolute Gasteiger partial charge is 0.152 e. The van der Waals surface area contributed by atoms with Gasteiger partial charge in [0.15, 0.2) is 5.82 Å². The number of methoxy groups -OCH3 is 1. The van der Waals surface area contributed by atoms with E-state index >= 15 is 0 Å². The van der Waals surface area contributed by atoms with Crippen LogP contribution in [0.5, 0.6) is 0 Å². The highest BCUT2D eigenvalue weighted by Crippen LogP contribution is 2.09. The van der Waals surface area contributed by atoms with E-state index in [2.05, 4.69) is 5.10 Å². The maximum Gasteiger partial charge on any atom is 0.152 e. The number of rotatable bonds is 2. The molecule has 0 saturated heterocycles. The molecule has 4 nitrogen and oxygen atoms in total. The van der Waals surface area contributed by atoms with E-state index in [0.717, 1.165) is 5.56 Å². The Morgan fingerprint density at radius 1 is 1.73 bits per heavy atom. The van der Waals surface area contributed by atoms with Gasteiger partial charge < -0.3 is 10.5 Å². The zero-order chi connectivity index (χ0) is 8.27. The molecule has 1 aromatic heterocycles. The van der Waals surface area contributed by atoms with Crippen molar-refractivity contribution >= 4 is 11.9 Å². The molecule has 0 spiro atoms. The lowest BCUT2D eigenvalue weighted by molar-refractivity contribution is 0.341. The van der Waals surface area contributed by atoms with E-state index in [4.69, 9.17) is 10.5 Å². The number of ether oxygens (including phenoxy) is 1. The summed E-state index contributed by atoms with van der Waals surface area (Å²) in [4.78, 5) is 0. The Balaban J connectivity index is 2.85. The Morgan fingerprint density at radius 2 is 2.45 bits per heavy atom. The van der Waals surface area contributed by atoms with Gasteiger partial charge in [0.05, 0.1) is 13.4 Å². The minimum Gasteiger partial charge on any atom is -0.504 e. The Kier molecular flexibility index (Phi) is 2.15. The van der Waals surface area contributed by atoms with Gasteiger partial charge in [0.2, 0.25) is 0 Å². The van der Waals surface area contributed by atoms with Crippen LogP contribution in [0.25, 0.3) is 6.08 Å². The van der Waals surface area contributed by atoms with Gasteiger partial charge in [-0.1, -0.05) is 0 Å². The molecule has 1 aromatic rings. The molecule has 0 saturated carbocycles. The summed E-state index contributed by atoms with van der Waals surface area (Å²) >= 11 is 0. The molecule has 1 heterocycles. The molecule has 0 aromatic carbocycles. The number of nitrogen functional groups attached to an aromatic ring is 1.